The van der Waals surface area contributed by atoms with E-state index in [4.69, 9.17) is 24.6 Å². The third-order valence-electron chi connectivity index (χ3n) is 3.26. The third kappa shape index (κ3) is 1.92. The van der Waals surface area contributed by atoms with E-state index in [2.05, 4.69) is 5.10 Å². The molecule has 1 aromatic carbocycles. The average Bonchev–Trinajstić information content (AvgIpc) is 2.70. The first kappa shape index (κ1) is 10.9. The van der Waals surface area contributed by atoms with Crippen LogP contribution in [0.1, 0.15) is 11.6 Å². The van der Waals surface area contributed by atoms with E-state index < -0.39 is 0 Å². The number of rotatable bonds is 2. The Morgan fingerprint density at radius 3 is 2.94 bits per heavy atom. The molecule has 94 valence electrons. The lowest BCUT2D eigenvalue weighted by Gasteiger charge is -2.26. The molecule has 0 amide bonds. The molecule has 1 fully saturated rings. The van der Waals surface area contributed by atoms with Gasteiger partial charge in [0, 0.05) is 37.3 Å². The van der Waals surface area contributed by atoms with E-state index in [1.54, 1.807) is 11.4 Å². The smallest absolute Gasteiger partial charge is 0.122 e. The number of hydrogen-bond acceptors (Lipinski definition) is 2. The van der Waals surface area contributed by atoms with E-state index in [-0.39, 0.29) is 0 Å². The van der Waals surface area contributed by atoms with Gasteiger partial charge in [0.1, 0.15) is 1.41 Å². The lowest BCUT2D eigenvalue weighted by atomic mass is 9.98. The Balaban J connectivity index is 1.98. The van der Waals surface area contributed by atoms with Gasteiger partial charge >= 0.3 is 0 Å². The Labute approximate surface area is 117 Å². The number of benzene rings is 1. The van der Waals surface area contributed by atoms with Crippen molar-refractivity contribution in [3.8, 4) is 11.3 Å². The Hall–Kier alpha value is -1.03. The minimum absolute atomic E-state index is 0.377. The molecule has 0 unspecified atom stereocenters. The fourth-order valence-corrected chi connectivity index (χ4v) is 2.54. The zero-order valence-corrected chi connectivity index (χ0v) is 11.4. The molecule has 1 aliphatic heterocycles. The van der Waals surface area contributed by atoms with Gasteiger partial charge in [-0.3, -0.25) is 4.68 Å². The molecular formula is C13H13Cl2N3. The standard InChI is InChI=1S/C13H13Cl2N3/c1-18-12(8-6-16-7-8)5-11(17-18)9-3-2-4-10(14)13(9)15/h2-5,8,16H,6-7H2,1H3/i/hT. The Kier molecular flexibility index (Phi) is 2.76. The van der Waals surface area contributed by atoms with Gasteiger partial charge < -0.3 is 5.31 Å². The molecule has 0 radical (unpaired) electrons. The van der Waals surface area contributed by atoms with Gasteiger partial charge in [-0.25, -0.2) is 0 Å². The van der Waals surface area contributed by atoms with Crippen LogP contribution in [0.2, 0.25) is 11.5 Å². The molecule has 3 rings (SSSR count). The molecule has 1 aromatic heterocycles. The normalized spacial score (nSPS) is 17.6. The third-order valence-corrected chi connectivity index (χ3v) is 4.08. The first-order valence-corrected chi connectivity index (χ1v) is 6.54. The van der Waals surface area contributed by atoms with Crippen molar-refractivity contribution in [1.29, 1.82) is 0 Å². The molecule has 0 spiro atoms. The fraction of sp³-hybridized carbons (Fsp3) is 0.308. The number of nitrogens with one attached hydrogen (secondary N) is 1. The molecule has 0 atom stereocenters. The fourth-order valence-electron chi connectivity index (χ4n) is 2.14. The number of aryl methyl sites for hydroxylation is 1. The molecule has 1 N–H and O–H groups in total. The zero-order valence-electron chi connectivity index (χ0n) is 10.9. The summed E-state index contributed by atoms with van der Waals surface area (Å²) in [6, 6.07) is 7.58. The Bertz CT molecular complexity index is 620. The monoisotopic (exact) mass is 283 g/mol. The molecule has 0 saturated carbocycles. The first-order chi connectivity index (χ1) is 9.06. The van der Waals surface area contributed by atoms with Crippen LogP contribution in [0.3, 0.4) is 0 Å². The highest BCUT2D eigenvalue weighted by Crippen LogP contribution is 2.34. The van der Waals surface area contributed by atoms with Crippen molar-refractivity contribution in [1.82, 2.24) is 15.1 Å². The van der Waals surface area contributed by atoms with Gasteiger partial charge in [-0.2, -0.15) is 5.10 Å². The Morgan fingerprint density at radius 2 is 2.22 bits per heavy atom. The molecule has 3 nitrogen and oxygen atoms in total. The summed E-state index contributed by atoms with van der Waals surface area (Å²) in [5.41, 5.74) is 2.81. The maximum absolute atomic E-state index is 7.46. The minimum atomic E-state index is 0.377. The molecule has 2 aromatic rings. The van der Waals surface area contributed by atoms with Gasteiger partial charge in [0.2, 0.25) is 0 Å². The van der Waals surface area contributed by atoms with Crippen molar-refractivity contribution >= 4 is 23.2 Å². The van der Waals surface area contributed by atoms with Crippen molar-refractivity contribution in [2.24, 2.45) is 7.05 Å². The summed E-state index contributed by atoms with van der Waals surface area (Å²) in [7, 11) is 1.92. The summed E-state index contributed by atoms with van der Waals surface area (Å²) >= 11 is 12.3. The first-order valence-electron chi connectivity index (χ1n) is 6.23. The van der Waals surface area contributed by atoms with Crippen LogP contribution in [0.15, 0.2) is 24.3 Å². The highest BCUT2D eigenvalue weighted by molar-refractivity contribution is 6.43. The van der Waals surface area contributed by atoms with Crippen LogP contribution in [0.4, 0.5) is 0 Å². The van der Waals surface area contributed by atoms with Crippen molar-refractivity contribution in [2.45, 2.75) is 5.92 Å². The van der Waals surface area contributed by atoms with Crippen LogP contribution >= 0.6 is 23.2 Å². The topological polar surface area (TPSA) is 29.9 Å². The van der Waals surface area contributed by atoms with E-state index in [1.807, 2.05) is 29.9 Å². The Morgan fingerprint density at radius 1 is 1.44 bits per heavy atom. The summed E-state index contributed by atoms with van der Waals surface area (Å²) in [4.78, 5) is 0. The average molecular weight is 284 g/mol. The molecule has 0 aliphatic carbocycles. The van der Waals surface area contributed by atoms with Crippen LogP contribution in [0, 0.1) is 0 Å². The molecule has 2 heterocycles. The lowest BCUT2D eigenvalue weighted by Crippen LogP contribution is -2.40. The quantitative estimate of drug-likeness (QED) is 0.918. The van der Waals surface area contributed by atoms with E-state index in [1.165, 1.54) is 0 Å². The predicted molar refractivity (Wildman–Crippen MR) is 74.3 cm³/mol. The van der Waals surface area contributed by atoms with Crippen LogP contribution in [0.5, 0.6) is 0 Å². The lowest BCUT2D eigenvalue weighted by molar-refractivity contribution is 0.424. The predicted octanol–water partition coefficient (Wildman–Crippen LogP) is 3.08. The number of halogens is 2. The van der Waals surface area contributed by atoms with Crippen LogP contribution in [-0.4, -0.2) is 22.9 Å². The maximum Gasteiger partial charge on any atom is 0.122 e. The van der Waals surface area contributed by atoms with Gasteiger partial charge in [-0.15, -0.1) is 0 Å². The summed E-state index contributed by atoms with van der Waals surface area (Å²) in [5.74, 6) is 0.377. The molecular weight excluding hydrogens is 269 g/mol. The van der Waals surface area contributed by atoms with Gasteiger partial charge in [0.25, 0.3) is 0 Å². The largest absolute Gasteiger partial charge is 0.315 e. The van der Waals surface area contributed by atoms with Gasteiger partial charge in [-0.05, 0) is 12.1 Å². The van der Waals surface area contributed by atoms with E-state index >= 15 is 0 Å². The van der Waals surface area contributed by atoms with Crippen molar-refractivity contribution in [3.63, 3.8) is 0 Å². The van der Waals surface area contributed by atoms with Gasteiger partial charge in [0.15, 0.2) is 0 Å². The van der Waals surface area contributed by atoms with Crippen LogP contribution in [0.25, 0.3) is 11.3 Å². The second-order valence-electron chi connectivity index (χ2n) is 4.47. The number of aromatic nitrogens is 2. The van der Waals surface area contributed by atoms with E-state index in [0.717, 1.165) is 30.0 Å². The van der Waals surface area contributed by atoms with Crippen molar-refractivity contribution in [2.75, 3.05) is 13.1 Å². The van der Waals surface area contributed by atoms with Crippen LogP contribution < -0.4 is 5.31 Å². The molecule has 1 saturated heterocycles. The highest BCUT2D eigenvalue weighted by atomic mass is 35.5. The second kappa shape index (κ2) is 4.57. The van der Waals surface area contributed by atoms with Gasteiger partial charge in [-0.1, -0.05) is 35.3 Å². The summed E-state index contributed by atoms with van der Waals surface area (Å²) in [6.07, 6.45) is 0. The zero-order chi connectivity index (χ0) is 13.6. The second-order valence-corrected chi connectivity index (χ2v) is 5.25. The molecule has 0 bridgehead atoms. The molecule has 1 aliphatic rings. The van der Waals surface area contributed by atoms with Crippen molar-refractivity contribution < 1.29 is 1.41 Å². The van der Waals surface area contributed by atoms with E-state index in [9.17, 15) is 0 Å². The summed E-state index contributed by atoms with van der Waals surface area (Å²) in [6.45, 7) is 1.50. The molecule has 18 heavy (non-hydrogen) atoms. The number of hydrogen-bond donors (Lipinski definition) is 1. The maximum atomic E-state index is 7.46. The van der Waals surface area contributed by atoms with Crippen LogP contribution in [-0.2, 0) is 7.05 Å². The molecule has 5 heteroatoms. The van der Waals surface area contributed by atoms with Gasteiger partial charge in [0.05, 0.1) is 15.7 Å². The van der Waals surface area contributed by atoms with E-state index in [0.29, 0.717) is 16.0 Å². The SMILES string of the molecule is [3H]N1CC(c2cc(-c3cccc(Cl)c3Cl)nn2C)C1. The van der Waals surface area contributed by atoms with Crippen molar-refractivity contribution in [3.05, 3.63) is 40.0 Å². The highest BCUT2D eigenvalue weighted by Gasteiger charge is 2.23. The number of nitrogens with zero attached hydrogens (tertiary/aromatic N) is 2. The summed E-state index contributed by atoms with van der Waals surface area (Å²) in [5, 5.41) is 7.12. The minimum Gasteiger partial charge on any atom is -0.315 e. The summed E-state index contributed by atoms with van der Waals surface area (Å²) < 4.78 is 9.33.